The Labute approximate surface area is 142 Å². The normalized spacial score (nSPS) is 18.2. The van der Waals surface area contributed by atoms with Gasteiger partial charge < -0.3 is 4.90 Å². The molecule has 1 saturated heterocycles. The lowest BCUT2D eigenvalue weighted by Crippen LogP contribution is -2.37. The van der Waals surface area contributed by atoms with Crippen LogP contribution in [0.15, 0.2) is 53.4 Å². The average Bonchev–Trinajstić information content (AvgIpc) is 2.88. The molecule has 1 fully saturated rings. The minimum atomic E-state index is -3.63. The van der Waals surface area contributed by atoms with Crippen molar-refractivity contribution in [2.45, 2.75) is 31.2 Å². The summed E-state index contributed by atoms with van der Waals surface area (Å²) in [6, 6.07) is 13.9. The Bertz CT molecular complexity index is 843. The Morgan fingerprint density at radius 1 is 0.958 bits per heavy atom. The molecule has 1 atom stereocenters. The highest BCUT2D eigenvalue weighted by Crippen LogP contribution is 2.23. The number of amides is 1. The molecule has 1 aliphatic rings. The predicted octanol–water partition coefficient (Wildman–Crippen LogP) is 2.39. The Kier molecular flexibility index (Phi) is 4.43. The van der Waals surface area contributed by atoms with Crippen LogP contribution in [0.25, 0.3) is 0 Å². The third-order valence-corrected chi connectivity index (χ3v) is 5.66. The van der Waals surface area contributed by atoms with E-state index in [1.807, 2.05) is 38.1 Å². The first-order chi connectivity index (χ1) is 11.3. The highest BCUT2D eigenvalue weighted by atomic mass is 32.2. The Balaban J connectivity index is 1.74. The van der Waals surface area contributed by atoms with Crippen LogP contribution in [0.4, 0.5) is 5.69 Å². The van der Waals surface area contributed by atoms with Crippen LogP contribution in [0.3, 0.4) is 0 Å². The van der Waals surface area contributed by atoms with E-state index in [-0.39, 0.29) is 17.2 Å². The zero-order valence-corrected chi connectivity index (χ0v) is 14.5. The molecule has 0 saturated carbocycles. The first-order valence-corrected chi connectivity index (χ1v) is 9.29. The number of carbonyl (C=O) groups excluding carboxylic acids is 1. The molecule has 6 heteroatoms. The maximum atomic E-state index is 12.5. The van der Waals surface area contributed by atoms with Crippen molar-refractivity contribution in [2.24, 2.45) is 0 Å². The Morgan fingerprint density at radius 3 is 2.08 bits per heavy atom. The maximum Gasteiger partial charge on any atom is 0.240 e. The van der Waals surface area contributed by atoms with Crippen LogP contribution >= 0.6 is 0 Å². The summed E-state index contributed by atoms with van der Waals surface area (Å²) in [6.45, 7) is 4.22. The average molecular weight is 344 g/mol. The van der Waals surface area contributed by atoms with Crippen molar-refractivity contribution in [3.63, 3.8) is 0 Å². The van der Waals surface area contributed by atoms with Gasteiger partial charge in [0.15, 0.2) is 0 Å². The van der Waals surface area contributed by atoms with Gasteiger partial charge in [-0.05, 0) is 38.1 Å². The summed E-state index contributed by atoms with van der Waals surface area (Å²) in [7, 11) is -3.63. The van der Waals surface area contributed by atoms with Gasteiger partial charge in [-0.1, -0.05) is 35.4 Å². The van der Waals surface area contributed by atoms with E-state index in [0.717, 1.165) is 16.8 Å². The number of aryl methyl sites for hydroxylation is 2. The van der Waals surface area contributed by atoms with Crippen LogP contribution in [0.2, 0.25) is 0 Å². The Hall–Kier alpha value is -2.18. The minimum Gasteiger partial charge on any atom is -0.311 e. The second-order valence-corrected chi connectivity index (χ2v) is 7.89. The molecule has 1 unspecified atom stereocenters. The molecule has 0 spiro atoms. The molecule has 0 aromatic heterocycles. The smallest absolute Gasteiger partial charge is 0.240 e. The summed E-state index contributed by atoms with van der Waals surface area (Å²) >= 11 is 0. The molecular weight excluding hydrogens is 324 g/mol. The number of carbonyl (C=O) groups is 1. The van der Waals surface area contributed by atoms with Crippen molar-refractivity contribution >= 4 is 21.6 Å². The van der Waals surface area contributed by atoms with Crippen LogP contribution in [0, 0.1) is 13.8 Å². The van der Waals surface area contributed by atoms with Gasteiger partial charge >= 0.3 is 0 Å². The highest BCUT2D eigenvalue weighted by molar-refractivity contribution is 7.89. The number of sulfonamides is 1. The lowest BCUT2D eigenvalue weighted by Gasteiger charge is -2.17. The summed E-state index contributed by atoms with van der Waals surface area (Å²) in [5, 5.41) is 0. The van der Waals surface area contributed by atoms with E-state index in [2.05, 4.69) is 4.72 Å². The number of hydrogen-bond acceptors (Lipinski definition) is 3. The number of hydrogen-bond donors (Lipinski definition) is 1. The predicted molar refractivity (Wildman–Crippen MR) is 93.4 cm³/mol. The summed E-state index contributed by atoms with van der Waals surface area (Å²) in [5.74, 6) is -0.0736. The molecule has 3 rings (SSSR count). The molecule has 1 amide bonds. The Morgan fingerprint density at radius 2 is 1.50 bits per heavy atom. The van der Waals surface area contributed by atoms with Crippen molar-refractivity contribution in [2.75, 3.05) is 11.4 Å². The zero-order valence-electron chi connectivity index (χ0n) is 13.7. The van der Waals surface area contributed by atoms with Gasteiger partial charge in [-0.25, -0.2) is 13.1 Å². The van der Waals surface area contributed by atoms with Gasteiger partial charge in [0.05, 0.1) is 4.90 Å². The second kappa shape index (κ2) is 6.37. The number of benzene rings is 2. The van der Waals surface area contributed by atoms with Gasteiger partial charge in [-0.15, -0.1) is 0 Å². The van der Waals surface area contributed by atoms with E-state index >= 15 is 0 Å². The first kappa shape index (κ1) is 16.7. The fraction of sp³-hybridized carbons (Fsp3) is 0.278. The number of anilines is 1. The van der Waals surface area contributed by atoms with Crippen molar-refractivity contribution < 1.29 is 13.2 Å². The zero-order chi connectivity index (χ0) is 17.3. The lowest BCUT2D eigenvalue weighted by atomic mass is 10.2. The van der Waals surface area contributed by atoms with Crippen molar-refractivity contribution in [1.82, 2.24) is 4.72 Å². The summed E-state index contributed by atoms with van der Waals surface area (Å²) in [6.07, 6.45) is 0.166. The van der Waals surface area contributed by atoms with Gasteiger partial charge in [0, 0.05) is 24.7 Å². The molecule has 1 heterocycles. The highest BCUT2D eigenvalue weighted by Gasteiger charge is 2.33. The van der Waals surface area contributed by atoms with E-state index in [1.165, 1.54) is 0 Å². The van der Waals surface area contributed by atoms with Crippen molar-refractivity contribution in [3.8, 4) is 0 Å². The van der Waals surface area contributed by atoms with E-state index in [9.17, 15) is 13.2 Å². The molecule has 24 heavy (non-hydrogen) atoms. The van der Waals surface area contributed by atoms with Gasteiger partial charge in [-0.2, -0.15) is 0 Å². The van der Waals surface area contributed by atoms with Crippen molar-refractivity contribution in [3.05, 3.63) is 59.7 Å². The number of nitrogens with zero attached hydrogens (tertiary/aromatic N) is 1. The topological polar surface area (TPSA) is 66.5 Å². The van der Waals surface area contributed by atoms with E-state index < -0.39 is 16.1 Å². The second-order valence-electron chi connectivity index (χ2n) is 6.18. The summed E-state index contributed by atoms with van der Waals surface area (Å²) in [5.41, 5.74) is 2.90. The SMILES string of the molecule is Cc1ccc(N2CC(NS(=O)(=O)c3ccc(C)cc3)CC2=O)cc1. The van der Waals surface area contributed by atoms with Gasteiger partial charge in [0.2, 0.25) is 15.9 Å². The van der Waals surface area contributed by atoms with Gasteiger partial charge in [0.1, 0.15) is 0 Å². The number of nitrogens with one attached hydrogen (secondary N) is 1. The van der Waals surface area contributed by atoms with E-state index in [1.54, 1.807) is 29.2 Å². The van der Waals surface area contributed by atoms with Crippen LogP contribution in [-0.2, 0) is 14.8 Å². The molecule has 0 aliphatic carbocycles. The fourth-order valence-electron chi connectivity index (χ4n) is 2.77. The molecule has 1 aliphatic heterocycles. The third-order valence-electron chi connectivity index (χ3n) is 4.12. The monoisotopic (exact) mass is 344 g/mol. The van der Waals surface area contributed by atoms with Gasteiger partial charge in [-0.3, -0.25) is 4.79 Å². The summed E-state index contributed by atoms with van der Waals surface area (Å²) in [4.78, 5) is 14.1. The molecule has 2 aromatic carbocycles. The minimum absolute atomic E-state index is 0.0736. The molecule has 126 valence electrons. The van der Waals surface area contributed by atoms with Crippen LogP contribution in [0.1, 0.15) is 17.5 Å². The third kappa shape index (κ3) is 3.49. The summed E-state index contributed by atoms with van der Waals surface area (Å²) < 4.78 is 27.5. The maximum absolute atomic E-state index is 12.5. The van der Waals surface area contributed by atoms with E-state index in [4.69, 9.17) is 0 Å². The first-order valence-electron chi connectivity index (χ1n) is 7.81. The van der Waals surface area contributed by atoms with Crippen LogP contribution in [0.5, 0.6) is 0 Å². The number of rotatable bonds is 4. The molecule has 1 N–H and O–H groups in total. The molecule has 0 radical (unpaired) electrons. The largest absolute Gasteiger partial charge is 0.311 e. The standard InChI is InChI=1S/C18H20N2O3S/c1-13-3-7-16(8-4-13)20-12-15(11-18(20)21)19-24(22,23)17-9-5-14(2)6-10-17/h3-10,15,19H,11-12H2,1-2H3. The van der Waals surface area contributed by atoms with Crippen LogP contribution < -0.4 is 9.62 Å². The molecule has 2 aromatic rings. The molecule has 0 bridgehead atoms. The quantitative estimate of drug-likeness (QED) is 0.926. The van der Waals surface area contributed by atoms with Crippen molar-refractivity contribution in [1.29, 1.82) is 0 Å². The molecular formula is C18H20N2O3S. The lowest BCUT2D eigenvalue weighted by molar-refractivity contribution is -0.117. The van der Waals surface area contributed by atoms with E-state index in [0.29, 0.717) is 6.54 Å². The fourth-order valence-corrected chi connectivity index (χ4v) is 3.99. The molecule has 5 nitrogen and oxygen atoms in total. The van der Waals surface area contributed by atoms with Gasteiger partial charge in [0.25, 0.3) is 0 Å². The van der Waals surface area contributed by atoms with Crippen LogP contribution in [-0.4, -0.2) is 26.9 Å².